The highest BCUT2D eigenvalue weighted by Gasteiger charge is 2.37. The Morgan fingerprint density at radius 1 is 1.22 bits per heavy atom. The highest BCUT2D eigenvalue weighted by Crippen LogP contribution is 2.40. The minimum absolute atomic E-state index is 0.0821. The van der Waals surface area contributed by atoms with E-state index in [0.29, 0.717) is 35.7 Å². The fourth-order valence-electron chi connectivity index (χ4n) is 4.61. The molecule has 164 valence electrons. The van der Waals surface area contributed by atoms with Gasteiger partial charge in [0.05, 0.1) is 0 Å². The van der Waals surface area contributed by atoms with E-state index in [2.05, 4.69) is 25.3 Å². The molecule has 3 aromatic rings. The number of hydrogen-bond acceptors (Lipinski definition) is 8. The van der Waals surface area contributed by atoms with Crippen molar-refractivity contribution < 1.29 is 9.32 Å². The van der Waals surface area contributed by atoms with Crippen LogP contribution in [0.1, 0.15) is 54.8 Å². The van der Waals surface area contributed by atoms with E-state index in [-0.39, 0.29) is 11.9 Å². The van der Waals surface area contributed by atoms with Crippen molar-refractivity contribution in [2.75, 3.05) is 34.8 Å². The van der Waals surface area contributed by atoms with E-state index in [1.165, 1.54) is 0 Å². The van der Waals surface area contributed by atoms with Gasteiger partial charge in [-0.2, -0.15) is 9.97 Å². The Labute approximate surface area is 185 Å². The van der Waals surface area contributed by atoms with Crippen LogP contribution in [0.4, 0.5) is 17.5 Å². The van der Waals surface area contributed by atoms with Gasteiger partial charge in [0.15, 0.2) is 0 Å². The lowest BCUT2D eigenvalue weighted by atomic mass is 10.1. The van der Waals surface area contributed by atoms with Gasteiger partial charge in [-0.1, -0.05) is 17.3 Å². The highest BCUT2D eigenvalue weighted by atomic mass is 16.5. The van der Waals surface area contributed by atoms with Crippen molar-refractivity contribution in [3.05, 3.63) is 41.9 Å². The molecule has 3 aliphatic rings. The number of carbonyl (C=O) groups excluding carboxylic acids is 1. The summed E-state index contributed by atoms with van der Waals surface area (Å²) in [6, 6.07) is 8.04. The van der Waals surface area contributed by atoms with Crippen LogP contribution in [0.2, 0.25) is 0 Å². The third kappa shape index (κ3) is 3.28. The fourth-order valence-corrected chi connectivity index (χ4v) is 4.61. The van der Waals surface area contributed by atoms with Crippen LogP contribution in [-0.4, -0.2) is 51.7 Å². The molecule has 0 radical (unpaired) electrons. The number of carbonyl (C=O) groups is 1. The largest absolute Gasteiger partial charge is 0.354 e. The third-order valence-electron chi connectivity index (χ3n) is 6.41. The molecule has 6 rings (SSSR count). The maximum Gasteiger partial charge on any atom is 0.263 e. The molecular formula is C23H25N7O2. The predicted octanol–water partition coefficient (Wildman–Crippen LogP) is 3.47. The summed E-state index contributed by atoms with van der Waals surface area (Å²) in [5, 5.41) is 7.32. The lowest BCUT2D eigenvalue weighted by Gasteiger charge is -2.27. The Balaban J connectivity index is 1.37. The standard InChI is InChI=1S/C23H25N7O2/c1-2-24-23-25-12-18-20(27-23)29-10-4-7-17(29)13-30(22(18)31)16-6-3-5-15(11-16)19-26-21(32-28-19)14-8-9-14/h3,5-6,11-12,14,17H,2,4,7-10,13H2,1H3,(H,24,25,27). The number of rotatable bonds is 5. The van der Waals surface area contributed by atoms with Gasteiger partial charge in [0.2, 0.25) is 17.7 Å². The molecule has 0 bridgehead atoms. The summed E-state index contributed by atoms with van der Waals surface area (Å²) in [6.07, 6.45) is 5.98. The molecule has 1 unspecified atom stereocenters. The SMILES string of the molecule is CCNc1ncc2c(n1)N1CCCC1CN(c1cccc(-c3noc(C4CC4)n3)c1)C2=O. The number of benzene rings is 1. The van der Waals surface area contributed by atoms with E-state index in [0.717, 1.165) is 55.8 Å². The Kier molecular flexibility index (Phi) is 4.55. The second-order valence-corrected chi connectivity index (χ2v) is 8.65. The summed E-state index contributed by atoms with van der Waals surface area (Å²) in [6.45, 7) is 4.24. The molecule has 9 heteroatoms. The average Bonchev–Trinajstić information content (AvgIpc) is 3.39. The number of hydrogen-bond donors (Lipinski definition) is 1. The number of aromatic nitrogens is 4. The van der Waals surface area contributed by atoms with Gasteiger partial charge in [-0.15, -0.1) is 0 Å². The molecule has 32 heavy (non-hydrogen) atoms. The maximum absolute atomic E-state index is 13.6. The van der Waals surface area contributed by atoms with Gasteiger partial charge in [-0.3, -0.25) is 4.79 Å². The number of amides is 1. The summed E-state index contributed by atoms with van der Waals surface area (Å²) in [7, 11) is 0. The molecule has 1 aromatic carbocycles. The zero-order valence-electron chi connectivity index (χ0n) is 18.0. The van der Waals surface area contributed by atoms with Crippen molar-refractivity contribution in [2.24, 2.45) is 0 Å². The first kappa shape index (κ1) is 19.2. The molecular weight excluding hydrogens is 406 g/mol. The Bertz CT molecular complexity index is 1170. The summed E-state index contributed by atoms with van der Waals surface area (Å²) in [5.41, 5.74) is 2.20. The van der Waals surface area contributed by atoms with Gasteiger partial charge in [-0.25, -0.2) is 4.98 Å². The second kappa shape index (κ2) is 7.58. The smallest absolute Gasteiger partial charge is 0.263 e. The van der Waals surface area contributed by atoms with Gasteiger partial charge in [0, 0.05) is 49.0 Å². The normalized spacial score (nSPS) is 20.2. The summed E-state index contributed by atoms with van der Waals surface area (Å²) in [5.74, 6) is 2.89. The van der Waals surface area contributed by atoms with Crippen LogP contribution < -0.4 is 15.1 Å². The first-order chi connectivity index (χ1) is 15.7. The van der Waals surface area contributed by atoms with Crippen molar-refractivity contribution in [3.8, 4) is 11.4 Å². The molecule has 1 saturated carbocycles. The summed E-state index contributed by atoms with van der Waals surface area (Å²) in [4.78, 5) is 31.4. The van der Waals surface area contributed by atoms with Crippen molar-refractivity contribution in [2.45, 2.75) is 44.6 Å². The van der Waals surface area contributed by atoms with Crippen molar-refractivity contribution in [3.63, 3.8) is 0 Å². The van der Waals surface area contributed by atoms with Crippen molar-refractivity contribution >= 4 is 23.4 Å². The average molecular weight is 432 g/mol. The Morgan fingerprint density at radius 3 is 2.97 bits per heavy atom. The molecule has 2 aliphatic heterocycles. The number of nitrogens with one attached hydrogen (secondary N) is 1. The van der Waals surface area contributed by atoms with E-state index in [9.17, 15) is 4.79 Å². The van der Waals surface area contributed by atoms with Crippen LogP contribution in [-0.2, 0) is 0 Å². The Morgan fingerprint density at radius 2 is 2.12 bits per heavy atom. The Hall–Kier alpha value is -3.49. The molecule has 1 N–H and O–H groups in total. The second-order valence-electron chi connectivity index (χ2n) is 8.65. The highest BCUT2D eigenvalue weighted by molar-refractivity contribution is 6.10. The molecule has 1 aliphatic carbocycles. The minimum atomic E-state index is -0.0821. The van der Waals surface area contributed by atoms with Crippen LogP contribution >= 0.6 is 0 Å². The van der Waals surface area contributed by atoms with Gasteiger partial charge < -0.3 is 19.6 Å². The maximum atomic E-state index is 13.6. The van der Waals surface area contributed by atoms with Crippen LogP contribution in [0.25, 0.3) is 11.4 Å². The quantitative estimate of drug-likeness (QED) is 0.656. The molecule has 1 atom stereocenters. The summed E-state index contributed by atoms with van der Waals surface area (Å²) >= 11 is 0. The first-order valence-electron chi connectivity index (χ1n) is 11.3. The number of nitrogens with zero attached hydrogens (tertiary/aromatic N) is 6. The van der Waals surface area contributed by atoms with Crippen molar-refractivity contribution in [1.29, 1.82) is 0 Å². The topological polar surface area (TPSA) is 100 Å². The molecule has 1 saturated heterocycles. The van der Waals surface area contributed by atoms with E-state index in [1.54, 1.807) is 6.20 Å². The van der Waals surface area contributed by atoms with Gasteiger partial charge in [0.25, 0.3) is 5.91 Å². The monoisotopic (exact) mass is 431 g/mol. The first-order valence-corrected chi connectivity index (χ1v) is 11.3. The number of fused-ring (bicyclic) bond motifs is 3. The molecule has 4 heterocycles. The van der Waals surface area contributed by atoms with Crippen LogP contribution in [0, 0.1) is 0 Å². The predicted molar refractivity (Wildman–Crippen MR) is 120 cm³/mol. The zero-order valence-corrected chi connectivity index (χ0v) is 18.0. The van der Waals surface area contributed by atoms with E-state index < -0.39 is 0 Å². The van der Waals surface area contributed by atoms with E-state index in [4.69, 9.17) is 9.51 Å². The summed E-state index contributed by atoms with van der Waals surface area (Å²) < 4.78 is 5.43. The van der Waals surface area contributed by atoms with E-state index >= 15 is 0 Å². The number of anilines is 3. The lowest BCUT2D eigenvalue weighted by Crippen LogP contribution is -2.39. The zero-order chi connectivity index (χ0) is 21.7. The molecule has 9 nitrogen and oxygen atoms in total. The minimum Gasteiger partial charge on any atom is -0.354 e. The lowest BCUT2D eigenvalue weighted by molar-refractivity contribution is 0.0988. The molecule has 1 amide bonds. The van der Waals surface area contributed by atoms with Crippen LogP contribution in [0.3, 0.4) is 0 Å². The third-order valence-corrected chi connectivity index (χ3v) is 6.41. The molecule has 0 spiro atoms. The van der Waals surface area contributed by atoms with Crippen LogP contribution in [0.15, 0.2) is 35.0 Å². The molecule has 2 fully saturated rings. The van der Waals surface area contributed by atoms with E-state index in [1.807, 2.05) is 36.1 Å². The fraction of sp³-hybridized carbons (Fsp3) is 0.435. The van der Waals surface area contributed by atoms with Gasteiger partial charge >= 0.3 is 0 Å². The van der Waals surface area contributed by atoms with Gasteiger partial charge in [-0.05, 0) is 44.7 Å². The van der Waals surface area contributed by atoms with Crippen LogP contribution in [0.5, 0.6) is 0 Å². The van der Waals surface area contributed by atoms with Crippen molar-refractivity contribution in [1.82, 2.24) is 20.1 Å². The van der Waals surface area contributed by atoms with Gasteiger partial charge in [0.1, 0.15) is 11.4 Å². The molecule has 2 aromatic heterocycles.